The van der Waals surface area contributed by atoms with E-state index in [1.165, 1.54) is 18.2 Å². The van der Waals surface area contributed by atoms with Crippen LogP contribution in [0.15, 0.2) is 24.3 Å². The van der Waals surface area contributed by atoms with Crippen LogP contribution in [0.4, 0.5) is 0 Å². The van der Waals surface area contributed by atoms with Crippen molar-refractivity contribution in [3.05, 3.63) is 29.8 Å². The second kappa shape index (κ2) is 5.20. The minimum Gasteiger partial charge on any atom is -0.504 e. The van der Waals surface area contributed by atoms with Crippen LogP contribution in [0, 0.1) is 0 Å². The highest BCUT2D eigenvalue weighted by Crippen LogP contribution is 2.25. The van der Waals surface area contributed by atoms with Crippen LogP contribution in [-0.2, 0) is 4.79 Å². The Morgan fingerprint density at radius 2 is 2.07 bits per heavy atom. The molecule has 15 heavy (non-hydrogen) atoms. The maximum Gasteiger partial charge on any atom is 0.157 e. The Balaban J connectivity index is 2.72. The molecule has 2 N–H and O–H groups in total. The molecule has 0 amide bonds. The van der Waals surface area contributed by atoms with Gasteiger partial charge in [-0.25, -0.2) is 0 Å². The van der Waals surface area contributed by atoms with Crippen molar-refractivity contribution in [2.45, 2.75) is 19.8 Å². The number of hydrogen-bond acceptors (Lipinski definition) is 3. The first kappa shape index (κ1) is 11.3. The number of allylic oxidation sites excluding steroid dienone is 1. The molecule has 0 bridgehead atoms. The molecule has 1 aromatic carbocycles. The molecule has 3 nitrogen and oxygen atoms in total. The van der Waals surface area contributed by atoms with Crippen molar-refractivity contribution < 1.29 is 15.0 Å². The van der Waals surface area contributed by atoms with Crippen LogP contribution in [0.1, 0.15) is 25.3 Å². The highest BCUT2D eigenvalue weighted by molar-refractivity contribution is 5.93. The van der Waals surface area contributed by atoms with E-state index in [2.05, 4.69) is 0 Å². The van der Waals surface area contributed by atoms with Gasteiger partial charge in [0.05, 0.1) is 0 Å². The second-order valence-electron chi connectivity index (χ2n) is 3.30. The van der Waals surface area contributed by atoms with Gasteiger partial charge in [0, 0.05) is 6.42 Å². The molecule has 80 valence electrons. The molecule has 0 aliphatic carbocycles. The number of carbonyl (C=O) groups is 1. The van der Waals surface area contributed by atoms with E-state index >= 15 is 0 Å². The monoisotopic (exact) mass is 206 g/mol. The third kappa shape index (κ3) is 3.46. The Morgan fingerprint density at radius 1 is 1.33 bits per heavy atom. The molecule has 0 aliphatic heterocycles. The summed E-state index contributed by atoms with van der Waals surface area (Å²) < 4.78 is 0. The molecule has 0 aliphatic rings. The molecule has 0 unspecified atom stereocenters. The fourth-order valence-electron chi connectivity index (χ4n) is 1.16. The maximum absolute atomic E-state index is 11.2. The van der Waals surface area contributed by atoms with Crippen molar-refractivity contribution >= 4 is 11.9 Å². The summed E-state index contributed by atoms with van der Waals surface area (Å²) in [5.41, 5.74) is 0.690. The van der Waals surface area contributed by atoms with Crippen LogP contribution >= 0.6 is 0 Å². The molecule has 0 fully saturated rings. The predicted octanol–water partition coefficient (Wildman–Crippen LogP) is 2.48. The summed E-state index contributed by atoms with van der Waals surface area (Å²) in [4.78, 5) is 11.2. The fourth-order valence-corrected chi connectivity index (χ4v) is 1.16. The lowest BCUT2D eigenvalue weighted by Gasteiger charge is -1.98. The number of rotatable bonds is 4. The maximum atomic E-state index is 11.2. The van der Waals surface area contributed by atoms with E-state index in [4.69, 9.17) is 5.11 Å². The molecule has 0 heterocycles. The molecule has 3 heteroatoms. The zero-order chi connectivity index (χ0) is 11.3. The van der Waals surface area contributed by atoms with E-state index in [0.717, 1.165) is 6.42 Å². The lowest BCUT2D eigenvalue weighted by atomic mass is 10.1. The largest absolute Gasteiger partial charge is 0.504 e. The van der Waals surface area contributed by atoms with Crippen LogP contribution in [0.25, 0.3) is 6.08 Å². The van der Waals surface area contributed by atoms with Gasteiger partial charge in [0.15, 0.2) is 17.3 Å². The van der Waals surface area contributed by atoms with E-state index in [1.54, 1.807) is 12.1 Å². The topological polar surface area (TPSA) is 57.5 Å². The SMILES string of the molecule is CCCC(=O)/C=C\c1ccc(O)c(O)c1. The normalized spacial score (nSPS) is 10.7. The summed E-state index contributed by atoms with van der Waals surface area (Å²) in [5.74, 6) is -0.280. The first-order valence-electron chi connectivity index (χ1n) is 4.86. The predicted molar refractivity (Wildman–Crippen MR) is 58.7 cm³/mol. The molecule has 0 radical (unpaired) electrons. The Morgan fingerprint density at radius 3 is 2.67 bits per heavy atom. The first-order valence-corrected chi connectivity index (χ1v) is 4.86. The standard InChI is InChI=1S/C12H14O3/c1-2-3-10(13)6-4-9-5-7-11(14)12(15)8-9/h4-8,14-15H,2-3H2,1H3/b6-4-. The average Bonchev–Trinajstić information content (AvgIpc) is 2.20. The zero-order valence-electron chi connectivity index (χ0n) is 8.60. The Labute approximate surface area is 88.7 Å². The minimum atomic E-state index is -0.180. The van der Waals surface area contributed by atoms with Crippen molar-refractivity contribution in [2.75, 3.05) is 0 Å². The first-order chi connectivity index (χ1) is 7.13. The quantitative estimate of drug-likeness (QED) is 0.587. The number of phenolic OH excluding ortho intramolecular Hbond substituents is 2. The molecule has 1 aromatic rings. The highest BCUT2D eigenvalue weighted by atomic mass is 16.3. The van der Waals surface area contributed by atoms with Gasteiger partial charge >= 0.3 is 0 Å². The molecule has 1 rings (SSSR count). The summed E-state index contributed by atoms with van der Waals surface area (Å²) in [5, 5.41) is 18.3. The molecule has 0 saturated heterocycles. The second-order valence-corrected chi connectivity index (χ2v) is 3.30. The third-order valence-electron chi connectivity index (χ3n) is 1.96. The van der Waals surface area contributed by atoms with Crippen molar-refractivity contribution in [3.63, 3.8) is 0 Å². The fraction of sp³-hybridized carbons (Fsp3) is 0.250. The van der Waals surface area contributed by atoms with E-state index in [0.29, 0.717) is 12.0 Å². The van der Waals surface area contributed by atoms with Crippen molar-refractivity contribution in [3.8, 4) is 11.5 Å². The molecule has 0 saturated carbocycles. The Hall–Kier alpha value is -1.77. The van der Waals surface area contributed by atoms with Gasteiger partial charge in [-0.15, -0.1) is 0 Å². The van der Waals surface area contributed by atoms with E-state index < -0.39 is 0 Å². The summed E-state index contributed by atoms with van der Waals surface area (Å²) >= 11 is 0. The van der Waals surface area contributed by atoms with Crippen molar-refractivity contribution in [1.29, 1.82) is 0 Å². The summed E-state index contributed by atoms with van der Waals surface area (Å²) in [6.07, 6.45) is 4.46. The molecular formula is C12H14O3. The zero-order valence-corrected chi connectivity index (χ0v) is 8.60. The minimum absolute atomic E-state index is 0.0602. The summed E-state index contributed by atoms with van der Waals surface area (Å²) in [6, 6.07) is 4.43. The number of hydrogen-bond donors (Lipinski definition) is 2. The van der Waals surface area contributed by atoms with Gasteiger partial charge in [0.2, 0.25) is 0 Å². The van der Waals surface area contributed by atoms with E-state index in [9.17, 15) is 9.90 Å². The summed E-state index contributed by atoms with van der Waals surface area (Å²) in [7, 11) is 0. The Kier molecular flexibility index (Phi) is 3.92. The molecule has 0 atom stereocenters. The van der Waals surface area contributed by atoms with Gasteiger partial charge in [-0.2, -0.15) is 0 Å². The number of carbonyl (C=O) groups excluding carboxylic acids is 1. The molecule has 0 aromatic heterocycles. The van der Waals surface area contributed by atoms with Crippen LogP contribution in [0.5, 0.6) is 11.5 Å². The van der Waals surface area contributed by atoms with Crippen molar-refractivity contribution in [1.82, 2.24) is 0 Å². The molecule has 0 spiro atoms. The highest BCUT2D eigenvalue weighted by Gasteiger charge is 1.98. The van der Waals surface area contributed by atoms with Crippen LogP contribution in [0.3, 0.4) is 0 Å². The summed E-state index contributed by atoms with van der Waals surface area (Å²) in [6.45, 7) is 1.94. The van der Waals surface area contributed by atoms with Crippen LogP contribution in [-0.4, -0.2) is 16.0 Å². The smallest absolute Gasteiger partial charge is 0.157 e. The third-order valence-corrected chi connectivity index (χ3v) is 1.96. The molecular weight excluding hydrogens is 192 g/mol. The number of benzene rings is 1. The number of aromatic hydroxyl groups is 2. The van der Waals surface area contributed by atoms with Crippen LogP contribution < -0.4 is 0 Å². The lowest BCUT2D eigenvalue weighted by Crippen LogP contribution is -1.89. The van der Waals surface area contributed by atoms with Gasteiger partial charge in [0.25, 0.3) is 0 Å². The van der Waals surface area contributed by atoms with Crippen molar-refractivity contribution in [2.24, 2.45) is 0 Å². The van der Waals surface area contributed by atoms with E-state index in [1.807, 2.05) is 6.92 Å². The van der Waals surface area contributed by atoms with E-state index in [-0.39, 0.29) is 17.3 Å². The van der Waals surface area contributed by atoms with Gasteiger partial charge in [-0.3, -0.25) is 4.79 Å². The number of phenols is 2. The van der Waals surface area contributed by atoms with Gasteiger partial charge in [0.1, 0.15) is 0 Å². The Bertz CT molecular complexity index is 380. The van der Waals surface area contributed by atoms with Crippen LogP contribution in [0.2, 0.25) is 0 Å². The van der Waals surface area contributed by atoms with Gasteiger partial charge in [-0.1, -0.05) is 19.1 Å². The van der Waals surface area contributed by atoms with Gasteiger partial charge < -0.3 is 10.2 Å². The van der Waals surface area contributed by atoms with Gasteiger partial charge in [-0.05, 0) is 30.2 Å². The average molecular weight is 206 g/mol. The number of ketones is 1. The lowest BCUT2D eigenvalue weighted by molar-refractivity contribution is -0.114.